The minimum atomic E-state index is -1.33. The van der Waals surface area contributed by atoms with Gasteiger partial charge >= 0.3 is 12.1 Å². The second kappa shape index (κ2) is 7.57. The summed E-state index contributed by atoms with van der Waals surface area (Å²) >= 11 is 0. The van der Waals surface area contributed by atoms with Gasteiger partial charge in [-0.15, -0.1) is 12.4 Å². The molecule has 0 aliphatic rings. The minimum absolute atomic E-state index is 0. The second-order valence-corrected chi connectivity index (χ2v) is 2.12. The van der Waals surface area contributed by atoms with Gasteiger partial charge in [0.05, 0.1) is 5.56 Å². The van der Waals surface area contributed by atoms with Gasteiger partial charge in [0.1, 0.15) is 5.82 Å². The van der Waals surface area contributed by atoms with E-state index in [1.807, 2.05) is 0 Å². The lowest BCUT2D eigenvalue weighted by Gasteiger charge is -1.92. The fraction of sp³-hybridized carbons (Fsp3) is 0. The van der Waals surface area contributed by atoms with Gasteiger partial charge in [-0.05, 0) is 12.1 Å². The predicted octanol–water partition coefficient (Wildman–Crippen LogP) is 1.57. The van der Waals surface area contributed by atoms with Crippen LogP contribution in [0.2, 0.25) is 0 Å². The lowest BCUT2D eigenvalue weighted by molar-refractivity contribution is 0.0692. The SMILES string of the molecule is Cl.NC(=O)O.O=C(O)c1ccccc1F. The number of benzene rings is 1. The van der Waals surface area contributed by atoms with Crippen LogP contribution in [0, 0.1) is 5.82 Å². The molecule has 0 saturated carbocycles. The smallest absolute Gasteiger partial charge is 0.402 e. The summed E-state index contributed by atoms with van der Waals surface area (Å²) in [7, 11) is 0. The molecule has 0 aliphatic carbocycles. The molecule has 15 heavy (non-hydrogen) atoms. The topological polar surface area (TPSA) is 101 Å². The van der Waals surface area contributed by atoms with Crippen LogP contribution in [-0.4, -0.2) is 22.3 Å². The zero-order valence-electron chi connectivity index (χ0n) is 7.38. The molecule has 0 heterocycles. The zero-order chi connectivity index (χ0) is 11.1. The highest BCUT2D eigenvalue weighted by Gasteiger charge is 2.06. The van der Waals surface area contributed by atoms with E-state index >= 15 is 0 Å². The minimum Gasteiger partial charge on any atom is -0.478 e. The van der Waals surface area contributed by atoms with Crippen molar-refractivity contribution < 1.29 is 24.2 Å². The first-order chi connectivity index (χ1) is 6.45. The summed E-state index contributed by atoms with van der Waals surface area (Å²) in [4.78, 5) is 19.0. The summed E-state index contributed by atoms with van der Waals surface area (Å²) in [5.41, 5.74) is 3.74. The van der Waals surface area contributed by atoms with Crippen molar-refractivity contribution in [3.63, 3.8) is 0 Å². The maximum absolute atomic E-state index is 12.5. The van der Waals surface area contributed by atoms with Crippen LogP contribution in [0.1, 0.15) is 10.4 Å². The van der Waals surface area contributed by atoms with Crippen LogP contribution in [0.4, 0.5) is 9.18 Å². The van der Waals surface area contributed by atoms with Gasteiger partial charge in [-0.3, -0.25) is 0 Å². The summed E-state index contributed by atoms with van der Waals surface area (Å²) in [6, 6.07) is 5.26. The van der Waals surface area contributed by atoms with Gasteiger partial charge in [-0.1, -0.05) is 12.1 Å². The van der Waals surface area contributed by atoms with Crippen LogP contribution in [0.15, 0.2) is 24.3 Å². The Hall–Kier alpha value is -1.82. The predicted molar refractivity (Wildman–Crippen MR) is 52.8 cm³/mol. The number of hydrogen-bond donors (Lipinski definition) is 3. The number of carboxylic acid groups (broad SMARTS) is 2. The molecule has 1 aromatic rings. The van der Waals surface area contributed by atoms with E-state index in [4.69, 9.17) is 15.0 Å². The highest BCUT2D eigenvalue weighted by atomic mass is 35.5. The molecule has 0 saturated heterocycles. The van der Waals surface area contributed by atoms with E-state index in [0.717, 1.165) is 6.07 Å². The summed E-state index contributed by atoms with van der Waals surface area (Å²) in [5.74, 6) is -1.94. The Bertz CT molecular complexity index is 341. The normalized spacial score (nSPS) is 7.80. The van der Waals surface area contributed by atoms with E-state index in [0.29, 0.717) is 0 Å². The molecule has 0 unspecified atom stereocenters. The highest BCUT2D eigenvalue weighted by Crippen LogP contribution is 2.04. The van der Waals surface area contributed by atoms with E-state index in [1.54, 1.807) is 0 Å². The molecule has 84 valence electrons. The first kappa shape index (κ1) is 15.6. The van der Waals surface area contributed by atoms with E-state index in [9.17, 15) is 9.18 Å². The summed E-state index contributed by atoms with van der Waals surface area (Å²) in [6.45, 7) is 0. The number of nitrogens with two attached hydrogens (primary N) is 1. The number of aromatic carboxylic acids is 1. The summed E-state index contributed by atoms with van der Waals surface area (Å²) in [5, 5.41) is 15.5. The van der Waals surface area contributed by atoms with Crippen molar-refractivity contribution in [3.05, 3.63) is 35.6 Å². The first-order valence-electron chi connectivity index (χ1n) is 3.41. The number of primary amides is 1. The third-order valence-corrected chi connectivity index (χ3v) is 1.10. The maximum Gasteiger partial charge on any atom is 0.402 e. The number of rotatable bonds is 1. The van der Waals surface area contributed by atoms with Gasteiger partial charge in [0.15, 0.2) is 0 Å². The van der Waals surface area contributed by atoms with Gasteiger partial charge < -0.3 is 15.9 Å². The molecule has 0 atom stereocenters. The molecule has 0 spiro atoms. The van der Waals surface area contributed by atoms with Crippen molar-refractivity contribution >= 4 is 24.5 Å². The van der Waals surface area contributed by atoms with Gasteiger partial charge in [-0.2, -0.15) is 0 Å². The quantitative estimate of drug-likeness (QED) is 0.690. The molecule has 0 aliphatic heterocycles. The van der Waals surface area contributed by atoms with Crippen LogP contribution < -0.4 is 5.73 Å². The van der Waals surface area contributed by atoms with E-state index in [2.05, 4.69) is 5.73 Å². The first-order valence-corrected chi connectivity index (χ1v) is 3.41. The monoisotopic (exact) mass is 237 g/mol. The van der Waals surface area contributed by atoms with Crippen molar-refractivity contribution in [3.8, 4) is 0 Å². The average Bonchev–Trinajstić information content (AvgIpc) is 2.03. The van der Waals surface area contributed by atoms with E-state index in [-0.39, 0.29) is 18.0 Å². The molecule has 0 aromatic heterocycles. The van der Waals surface area contributed by atoms with Crippen molar-refractivity contribution in [2.24, 2.45) is 5.73 Å². The number of carboxylic acids is 1. The number of hydrogen-bond acceptors (Lipinski definition) is 2. The van der Waals surface area contributed by atoms with Gasteiger partial charge in [0.25, 0.3) is 0 Å². The summed E-state index contributed by atoms with van der Waals surface area (Å²) in [6.07, 6.45) is -1.33. The molecule has 1 aromatic carbocycles. The Morgan fingerprint density at radius 1 is 1.20 bits per heavy atom. The third kappa shape index (κ3) is 7.27. The largest absolute Gasteiger partial charge is 0.478 e. The molecule has 0 radical (unpaired) electrons. The third-order valence-electron chi connectivity index (χ3n) is 1.10. The zero-order valence-corrected chi connectivity index (χ0v) is 8.20. The Morgan fingerprint density at radius 3 is 1.87 bits per heavy atom. The average molecular weight is 238 g/mol. The molecule has 7 heteroatoms. The Labute approximate surface area is 90.7 Å². The van der Waals surface area contributed by atoms with E-state index in [1.165, 1.54) is 18.2 Å². The van der Waals surface area contributed by atoms with Gasteiger partial charge in [0, 0.05) is 0 Å². The Morgan fingerprint density at radius 2 is 1.60 bits per heavy atom. The standard InChI is InChI=1S/C7H5FO2.CH3NO2.ClH/c8-6-4-2-1-3-5(6)7(9)10;2-1(3)4;/h1-4H,(H,9,10);2H2,(H,3,4);1H. The molecule has 1 amide bonds. The van der Waals surface area contributed by atoms with Crippen LogP contribution >= 0.6 is 12.4 Å². The second-order valence-electron chi connectivity index (χ2n) is 2.12. The highest BCUT2D eigenvalue weighted by molar-refractivity contribution is 5.87. The van der Waals surface area contributed by atoms with E-state index < -0.39 is 17.9 Å². The number of amides is 1. The molecule has 4 N–H and O–H groups in total. The molecular weight excluding hydrogens is 229 g/mol. The molecule has 0 fully saturated rings. The maximum atomic E-state index is 12.5. The van der Waals surface area contributed by atoms with Crippen LogP contribution in [-0.2, 0) is 0 Å². The van der Waals surface area contributed by atoms with Crippen LogP contribution in [0.25, 0.3) is 0 Å². The lowest BCUT2D eigenvalue weighted by Crippen LogP contribution is -2.03. The Balaban J connectivity index is 0. The fourth-order valence-corrected chi connectivity index (χ4v) is 0.635. The van der Waals surface area contributed by atoms with Crippen molar-refractivity contribution in [2.75, 3.05) is 0 Å². The fourth-order valence-electron chi connectivity index (χ4n) is 0.635. The van der Waals surface area contributed by atoms with Crippen molar-refractivity contribution in [1.29, 1.82) is 0 Å². The number of carbonyl (C=O) groups is 2. The van der Waals surface area contributed by atoms with Gasteiger partial charge in [-0.25, -0.2) is 14.0 Å². The molecule has 1 rings (SSSR count). The lowest BCUT2D eigenvalue weighted by atomic mass is 10.2. The van der Waals surface area contributed by atoms with Crippen molar-refractivity contribution in [1.82, 2.24) is 0 Å². The number of halogens is 2. The van der Waals surface area contributed by atoms with Gasteiger partial charge in [0.2, 0.25) is 0 Å². The Kier molecular flexibility index (Phi) is 7.90. The molecule has 0 bridgehead atoms. The summed E-state index contributed by atoms with van der Waals surface area (Å²) < 4.78 is 12.5. The molecule has 5 nitrogen and oxygen atoms in total. The van der Waals surface area contributed by atoms with Crippen molar-refractivity contribution in [2.45, 2.75) is 0 Å². The van der Waals surface area contributed by atoms with Crippen LogP contribution in [0.3, 0.4) is 0 Å². The molecular formula is C8H9ClFNO4. The van der Waals surface area contributed by atoms with Crippen LogP contribution in [0.5, 0.6) is 0 Å².